The minimum atomic E-state index is -1.40. The van der Waals surface area contributed by atoms with E-state index in [4.69, 9.17) is 10.8 Å². The number of carbonyl (C=O) groups is 2. The van der Waals surface area contributed by atoms with Crippen molar-refractivity contribution in [2.45, 2.75) is 25.3 Å². The summed E-state index contributed by atoms with van der Waals surface area (Å²) in [5.74, 6) is -2.05. The van der Waals surface area contributed by atoms with Gasteiger partial charge in [-0.15, -0.1) is 0 Å². The van der Waals surface area contributed by atoms with E-state index in [1.54, 1.807) is 6.92 Å². The highest BCUT2D eigenvalue weighted by Gasteiger charge is 2.44. The Morgan fingerprint density at radius 2 is 2.38 bits per heavy atom. The van der Waals surface area contributed by atoms with Gasteiger partial charge in [0.2, 0.25) is 5.91 Å². The average Bonchev–Trinajstić information content (AvgIpc) is 2.19. The highest BCUT2D eigenvalue weighted by Crippen LogP contribution is 2.23. The van der Waals surface area contributed by atoms with Gasteiger partial charge < -0.3 is 16.2 Å². The van der Waals surface area contributed by atoms with Crippen LogP contribution >= 0.6 is 0 Å². The molecule has 4 N–H and O–H groups in total. The second-order valence-electron chi connectivity index (χ2n) is 3.46. The predicted octanol–water partition coefficient (Wildman–Crippen LogP) is -0.685. The molecule has 1 amide bonds. The van der Waals surface area contributed by atoms with Gasteiger partial charge in [-0.3, -0.25) is 9.59 Å². The molecule has 0 aromatic carbocycles. The second kappa shape index (κ2) is 3.33. The standard InChI is InChI=1S/C8H14N2O3/c1-5-6(11)10-4-2-3-8(5,9)7(12)13/h5H,2-4,9H2,1H3,(H,10,11)(H,12,13). The van der Waals surface area contributed by atoms with Crippen molar-refractivity contribution in [3.63, 3.8) is 0 Å². The summed E-state index contributed by atoms with van der Waals surface area (Å²) in [5.41, 5.74) is 4.27. The molecule has 0 aromatic rings. The third-order valence-corrected chi connectivity index (χ3v) is 2.63. The van der Waals surface area contributed by atoms with E-state index in [2.05, 4.69) is 5.32 Å². The van der Waals surface area contributed by atoms with E-state index in [9.17, 15) is 9.59 Å². The van der Waals surface area contributed by atoms with Crippen molar-refractivity contribution < 1.29 is 14.7 Å². The van der Waals surface area contributed by atoms with Gasteiger partial charge in [0.1, 0.15) is 5.54 Å². The summed E-state index contributed by atoms with van der Waals surface area (Å²) in [6.07, 6.45) is 0.946. The quantitative estimate of drug-likeness (QED) is 0.505. The molecule has 0 saturated carbocycles. The molecule has 1 aliphatic heterocycles. The Morgan fingerprint density at radius 3 is 2.92 bits per heavy atom. The molecule has 2 unspecified atom stereocenters. The smallest absolute Gasteiger partial charge is 0.324 e. The van der Waals surface area contributed by atoms with Crippen LogP contribution in [0.3, 0.4) is 0 Å². The molecule has 74 valence electrons. The van der Waals surface area contributed by atoms with Gasteiger partial charge in [-0.2, -0.15) is 0 Å². The Kier molecular flexibility index (Phi) is 2.56. The fourth-order valence-electron chi connectivity index (χ4n) is 1.49. The maximum absolute atomic E-state index is 11.3. The summed E-state index contributed by atoms with van der Waals surface area (Å²) < 4.78 is 0. The fraction of sp³-hybridized carbons (Fsp3) is 0.750. The number of hydrogen-bond acceptors (Lipinski definition) is 3. The van der Waals surface area contributed by atoms with Crippen LogP contribution in [0.1, 0.15) is 19.8 Å². The first-order valence-electron chi connectivity index (χ1n) is 4.28. The lowest BCUT2D eigenvalue weighted by Gasteiger charge is -2.27. The highest BCUT2D eigenvalue weighted by molar-refractivity contribution is 5.89. The number of hydrogen-bond donors (Lipinski definition) is 3. The first-order valence-corrected chi connectivity index (χ1v) is 4.28. The second-order valence-corrected chi connectivity index (χ2v) is 3.46. The fourth-order valence-corrected chi connectivity index (χ4v) is 1.49. The van der Waals surface area contributed by atoms with Crippen LogP contribution in [0.4, 0.5) is 0 Å². The largest absolute Gasteiger partial charge is 0.480 e. The minimum Gasteiger partial charge on any atom is -0.480 e. The van der Waals surface area contributed by atoms with Crippen molar-refractivity contribution in [2.75, 3.05) is 6.54 Å². The zero-order chi connectivity index (χ0) is 10.1. The van der Waals surface area contributed by atoms with Crippen molar-refractivity contribution >= 4 is 11.9 Å². The molecular weight excluding hydrogens is 172 g/mol. The Morgan fingerprint density at radius 1 is 1.77 bits per heavy atom. The molecule has 1 fully saturated rings. The number of rotatable bonds is 1. The molecule has 13 heavy (non-hydrogen) atoms. The number of aliphatic carboxylic acids is 1. The monoisotopic (exact) mass is 186 g/mol. The lowest BCUT2D eigenvalue weighted by molar-refractivity contribution is -0.148. The van der Waals surface area contributed by atoms with Crippen molar-refractivity contribution in [2.24, 2.45) is 11.7 Å². The van der Waals surface area contributed by atoms with Crippen molar-refractivity contribution in [1.82, 2.24) is 5.32 Å². The normalized spacial score (nSPS) is 34.9. The van der Waals surface area contributed by atoms with Crippen LogP contribution in [0.15, 0.2) is 0 Å². The molecule has 2 atom stereocenters. The molecule has 1 aliphatic rings. The van der Waals surface area contributed by atoms with Crippen molar-refractivity contribution in [3.8, 4) is 0 Å². The van der Waals surface area contributed by atoms with E-state index in [0.29, 0.717) is 19.4 Å². The van der Waals surface area contributed by atoms with Crippen molar-refractivity contribution in [3.05, 3.63) is 0 Å². The molecule has 1 rings (SSSR count). The van der Waals surface area contributed by atoms with Gasteiger partial charge in [0.05, 0.1) is 5.92 Å². The predicted molar refractivity (Wildman–Crippen MR) is 46.0 cm³/mol. The van der Waals surface area contributed by atoms with Crippen LogP contribution in [0, 0.1) is 5.92 Å². The summed E-state index contributed by atoms with van der Waals surface area (Å²) in [6, 6.07) is 0. The van der Waals surface area contributed by atoms with Gasteiger partial charge >= 0.3 is 5.97 Å². The Bertz CT molecular complexity index is 242. The van der Waals surface area contributed by atoms with E-state index in [1.165, 1.54) is 0 Å². The maximum Gasteiger partial charge on any atom is 0.324 e. The molecule has 0 spiro atoms. The van der Waals surface area contributed by atoms with E-state index in [1.807, 2.05) is 0 Å². The van der Waals surface area contributed by atoms with Gasteiger partial charge in [-0.1, -0.05) is 6.92 Å². The third-order valence-electron chi connectivity index (χ3n) is 2.63. The molecular formula is C8H14N2O3. The van der Waals surface area contributed by atoms with Gasteiger partial charge in [-0.05, 0) is 12.8 Å². The van der Waals surface area contributed by atoms with Crippen molar-refractivity contribution in [1.29, 1.82) is 0 Å². The van der Waals surface area contributed by atoms with Gasteiger partial charge in [0.15, 0.2) is 0 Å². The topological polar surface area (TPSA) is 92.4 Å². The van der Waals surface area contributed by atoms with Gasteiger partial charge in [-0.25, -0.2) is 0 Å². The molecule has 1 saturated heterocycles. The average molecular weight is 186 g/mol. The number of nitrogens with one attached hydrogen (secondary N) is 1. The lowest BCUT2D eigenvalue weighted by atomic mass is 9.83. The first-order chi connectivity index (χ1) is 5.98. The van der Waals surface area contributed by atoms with Crippen LogP contribution < -0.4 is 11.1 Å². The number of carboxylic acid groups (broad SMARTS) is 1. The number of carboxylic acids is 1. The Hall–Kier alpha value is -1.10. The zero-order valence-electron chi connectivity index (χ0n) is 7.54. The third kappa shape index (κ3) is 1.65. The molecule has 5 heteroatoms. The zero-order valence-corrected chi connectivity index (χ0v) is 7.54. The summed E-state index contributed by atoms with van der Waals surface area (Å²) in [4.78, 5) is 22.2. The van der Waals surface area contributed by atoms with E-state index in [0.717, 1.165) is 0 Å². The van der Waals surface area contributed by atoms with E-state index >= 15 is 0 Å². The van der Waals surface area contributed by atoms with E-state index in [-0.39, 0.29) is 5.91 Å². The number of carbonyl (C=O) groups excluding carboxylic acids is 1. The SMILES string of the molecule is CC1C(=O)NCCCC1(N)C(=O)O. The van der Waals surface area contributed by atoms with Gasteiger partial charge in [0.25, 0.3) is 0 Å². The maximum atomic E-state index is 11.3. The van der Waals surface area contributed by atoms with E-state index < -0.39 is 17.4 Å². The molecule has 5 nitrogen and oxygen atoms in total. The van der Waals surface area contributed by atoms with Gasteiger partial charge in [0, 0.05) is 6.54 Å². The first kappa shape index (κ1) is 9.98. The number of nitrogens with two attached hydrogens (primary N) is 1. The minimum absolute atomic E-state index is 0.276. The summed E-state index contributed by atoms with van der Waals surface area (Å²) >= 11 is 0. The molecule has 0 radical (unpaired) electrons. The molecule has 0 aromatic heterocycles. The van der Waals surface area contributed by atoms with Crippen LogP contribution in [0.2, 0.25) is 0 Å². The summed E-state index contributed by atoms with van der Waals surface area (Å²) in [7, 11) is 0. The van der Waals surface area contributed by atoms with Crippen LogP contribution in [-0.4, -0.2) is 29.1 Å². The summed E-state index contributed by atoms with van der Waals surface area (Å²) in [6.45, 7) is 2.06. The number of amides is 1. The summed E-state index contributed by atoms with van der Waals surface area (Å²) in [5, 5.41) is 11.5. The molecule has 0 bridgehead atoms. The molecule has 0 aliphatic carbocycles. The Labute approximate surface area is 76.3 Å². The lowest BCUT2D eigenvalue weighted by Crippen LogP contribution is -2.55. The molecule has 1 heterocycles. The highest BCUT2D eigenvalue weighted by atomic mass is 16.4. The van der Waals surface area contributed by atoms with Crippen LogP contribution in [-0.2, 0) is 9.59 Å². The Balaban J connectivity index is 2.93. The van der Waals surface area contributed by atoms with Crippen LogP contribution in [0.5, 0.6) is 0 Å². The van der Waals surface area contributed by atoms with Crippen LogP contribution in [0.25, 0.3) is 0 Å².